The van der Waals surface area contributed by atoms with E-state index in [1.54, 1.807) is 0 Å². The van der Waals surface area contributed by atoms with Crippen molar-refractivity contribution in [3.63, 3.8) is 0 Å². The first-order chi connectivity index (χ1) is 9.19. The molecule has 1 aliphatic heterocycles. The second-order valence-electron chi connectivity index (χ2n) is 7.76. The number of nitrogens with zero attached hydrogens (tertiary/aromatic N) is 1. The van der Waals surface area contributed by atoms with Crippen LogP contribution in [0.15, 0.2) is 0 Å². The second-order valence-corrected chi connectivity index (χ2v) is 7.76. The molecule has 19 heavy (non-hydrogen) atoms. The van der Waals surface area contributed by atoms with Gasteiger partial charge in [0.05, 0.1) is 0 Å². The summed E-state index contributed by atoms with van der Waals surface area (Å²) in [6, 6.07) is 0.770. The Hall–Kier alpha value is -0.0800. The van der Waals surface area contributed by atoms with Crippen LogP contribution in [0.25, 0.3) is 0 Å². The van der Waals surface area contributed by atoms with Crippen molar-refractivity contribution >= 4 is 0 Å². The van der Waals surface area contributed by atoms with Gasteiger partial charge in [-0.2, -0.15) is 0 Å². The van der Waals surface area contributed by atoms with E-state index in [0.29, 0.717) is 5.54 Å². The van der Waals surface area contributed by atoms with E-state index < -0.39 is 0 Å². The van der Waals surface area contributed by atoms with Gasteiger partial charge in [-0.25, -0.2) is 0 Å². The van der Waals surface area contributed by atoms with Gasteiger partial charge in [0.25, 0.3) is 0 Å². The van der Waals surface area contributed by atoms with Gasteiger partial charge >= 0.3 is 0 Å². The van der Waals surface area contributed by atoms with Crippen LogP contribution in [0, 0.1) is 11.8 Å². The summed E-state index contributed by atoms with van der Waals surface area (Å²) in [5.74, 6) is 1.78. The smallest absolute Gasteiger partial charge is 0.0309 e. The molecule has 1 spiro atoms. The monoisotopic (exact) mass is 264 g/mol. The molecule has 2 aliphatic carbocycles. The number of hydrogen-bond donors (Lipinski definition) is 1. The molecule has 0 aromatic heterocycles. The van der Waals surface area contributed by atoms with Crippen molar-refractivity contribution in [1.29, 1.82) is 0 Å². The minimum atomic E-state index is 0.490. The fourth-order valence-corrected chi connectivity index (χ4v) is 4.78. The Morgan fingerprint density at radius 2 is 1.79 bits per heavy atom. The Morgan fingerprint density at radius 1 is 1.11 bits per heavy atom. The highest BCUT2D eigenvalue weighted by atomic mass is 15.3. The van der Waals surface area contributed by atoms with Crippen molar-refractivity contribution in [3.8, 4) is 0 Å². The zero-order valence-corrected chi connectivity index (χ0v) is 13.0. The van der Waals surface area contributed by atoms with Gasteiger partial charge in [0.15, 0.2) is 0 Å². The Morgan fingerprint density at radius 3 is 2.42 bits per heavy atom. The van der Waals surface area contributed by atoms with Crippen LogP contribution in [-0.4, -0.2) is 36.1 Å². The standard InChI is InChI=1S/C17H32N2/c1-14(2)16-11-18-17(9-5-6-10-17)13-19(16)12-15-7-3-4-8-15/h14-16,18H,3-13H2,1-2H3. The molecule has 1 saturated heterocycles. The van der Waals surface area contributed by atoms with Gasteiger partial charge in [-0.1, -0.05) is 39.5 Å². The lowest BCUT2D eigenvalue weighted by molar-refractivity contribution is 0.0448. The van der Waals surface area contributed by atoms with Gasteiger partial charge in [0.2, 0.25) is 0 Å². The molecule has 0 bridgehead atoms. The fraction of sp³-hybridized carbons (Fsp3) is 1.00. The highest BCUT2D eigenvalue weighted by Crippen LogP contribution is 2.36. The number of piperazine rings is 1. The molecule has 3 fully saturated rings. The van der Waals surface area contributed by atoms with Gasteiger partial charge < -0.3 is 5.32 Å². The molecule has 110 valence electrons. The van der Waals surface area contributed by atoms with E-state index in [4.69, 9.17) is 0 Å². The SMILES string of the molecule is CC(C)C1CNC2(CCCC2)CN1CC1CCCC1. The Balaban J connectivity index is 1.66. The molecule has 3 aliphatic rings. The minimum Gasteiger partial charge on any atom is -0.308 e. The van der Waals surface area contributed by atoms with Crippen molar-refractivity contribution in [2.45, 2.75) is 76.8 Å². The maximum Gasteiger partial charge on any atom is 0.0309 e. The fourth-order valence-electron chi connectivity index (χ4n) is 4.78. The third-order valence-electron chi connectivity index (χ3n) is 5.96. The summed E-state index contributed by atoms with van der Waals surface area (Å²) in [4.78, 5) is 2.88. The Labute approximate surface area is 119 Å². The first kappa shape index (κ1) is 13.9. The molecule has 0 radical (unpaired) electrons. The summed E-state index contributed by atoms with van der Waals surface area (Å²) in [6.45, 7) is 8.74. The normalized spacial score (nSPS) is 32.7. The molecule has 1 unspecified atom stereocenters. The van der Waals surface area contributed by atoms with E-state index in [1.165, 1.54) is 71.0 Å². The van der Waals surface area contributed by atoms with Gasteiger partial charge in [0, 0.05) is 31.2 Å². The van der Waals surface area contributed by atoms with Gasteiger partial charge in [-0.15, -0.1) is 0 Å². The molecular weight excluding hydrogens is 232 g/mol. The molecule has 2 nitrogen and oxygen atoms in total. The van der Waals surface area contributed by atoms with Gasteiger partial charge in [-0.3, -0.25) is 4.90 Å². The van der Waals surface area contributed by atoms with E-state index in [1.807, 2.05) is 0 Å². The second kappa shape index (κ2) is 5.73. The molecule has 1 N–H and O–H groups in total. The highest BCUT2D eigenvalue weighted by molar-refractivity contribution is 5.01. The van der Waals surface area contributed by atoms with Crippen LogP contribution in [0.4, 0.5) is 0 Å². The lowest BCUT2D eigenvalue weighted by Crippen LogP contribution is -2.64. The van der Waals surface area contributed by atoms with Crippen molar-refractivity contribution in [1.82, 2.24) is 10.2 Å². The zero-order chi connectivity index (χ0) is 13.3. The highest BCUT2D eigenvalue weighted by Gasteiger charge is 2.42. The van der Waals surface area contributed by atoms with Gasteiger partial charge in [-0.05, 0) is 37.5 Å². The topological polar surface area (TPSA) is 15.3 Å². The van der Waals surface area contributed by atoms with Crippen LogP contribution in [0.1, 0.15) is 65.2 Å². The van der Waals surface area contributed by atoms with Crippen LogP contribution in [0.5, 0.6) is 0 Å². The third kappa shape index (κ3) is 3.00. The zero-order valence-electron chi connectivity index (χ0n) is 13.0. The minimum absolute atomic E-state index is 0.490. The summed E-state index contributed by atoms with van der Waals surface area (Å²) < 4.78 is 0. The van der Waals surface area contributed by atoms with Crippen LogP contribution in [0.3, 0.4) is 0 Å². The lowest BCUT2D eigenvalue weighted by atomic mass is 9.88. The molecule has 0 aromatic rings. The first-order valence-corrected chi connectivity index (χ1v) is 8.68. The van der Waals surface area contributed by atoms with Crippen molar-refractivity contribution in [2.24, 2.45) is 11.8 Å². The molecule has 0 amide bonds. The average molecular weight is 264 g/mol. The van der Waals surface area contributed by atoms with E-state index in [2.05, 4.69) is 24.1 Å². The molecule has 1 atom stereocenters. The Bertz CT molecular complexity index is 288. The van der Waals surface area contributed by atoms with Crippen molar-refractivity contribution < 1.29 is 0 Å². The Kier molecular flexibility index (Phi) is 4.19. The molecular formula is C17H32N2. The summed E-state index contributed by atoms with van der Waals surface area (Å²) in [6.07, 6.45) is 11.6. The van der Waals surface area contributed by atoms with Crippen LogP contribution in [-0.2, 0) is 0 Å². The van der Waals surface area contributed by atoms with Gasteiger partial charge in [0.1, 0.15) is 0 Å². The van der Waals surface area contributed by atoms with Crippen molar-refractivity contribution in [2.75, 3.05) is 19.6 Å². The van der Waals surface area contributed by atoms with Crippen LogP contribution >= 0.6 is 0 Å². The van der Waals surface area contributed by atoms with E-state index in [0.717, 1.165) is 17.9 Å². The van der Waals surface area contributed by atoms with E-state index in [-0.39, 0.29) is 0 Å². The van der Waals surface area contributed by atoms with Crippen LogP contribution < -0.4 is 5.32 Å². The summed E-state index contributed by atoms with van der Waals surface area (Å²) >= 11 is 0. The maximum absolute atomic E-state index is 3.94. The number of nitrogens with one attached hydrogen (secondary N) is 1. The van der Waals surface area contributed by atoms with E-state index in [9.17, 15) is 0 Å². The number of hydrogen-bond acceptors (Lipinski definition) is 2. The van der Waals surface area contributed by atoms with Crippen LogP contribution in [0.2, 0.25) is 0 Å². The van der Waals surface area contributed by atoms with Crippen molar-refractivity contribution in [3.05, 3.63) is 0 Å². The first-order valence-electron chi connectivity index (χ1n) is 8.68. The summed E-state index contributed by atoms with van der Waals surface area (Å²) in [5, 5.41) is 3.94. The third-order valence-corrected chi connectivity index (χ3v) is 5.96. The average Bonchev–Trinajstić information content (AvgIpc) is 3.01. The quantitative estimate of drug-likeness (QED) is 0.840. The molecule has 3 rings (SSSR count). The largest absolute Gasteiger partial charge is 0.308 e. The molecule has 1 heterocycles. The lowest BCUT2D eigenvalue weighted by Gasteiger charge is -2.48. The van der Waals surface area contributed by atoms with E-state index >= 15 is 0 Å². The number of rotatable bonds is 3. The predicted octanol–water partition coefficient (Wildman–Crippen LogP) is 3.42. The summed E-state index contributed by atoms with van der Waals surface area (Å²) in [5.41, 5.74) is 0.490. The molecule has 2 saturated carbocycles. The molecule has 0 aromatic carbocycles. The maximum atomic E-state index is 3.94. The molecule has 2 heteroatoms. The predicted molar refractivity (Wildman–Crippen MR) is 81.4 cm³/mol. The summed E-state index contributed by atoms with van der Waals surface area (Å²) in [7, 11) is 0.